The Morgan fingerprint density at radius 1 is 1.27 bits per heavy atom. The fourth-order valence-electron chi connectivity index (χ4n) is 3.15. The van der Waals surface area contributed by atoms with Gasteiger partial charge in [0.2, 0.25) is 6.79 Å². The Labute approximate surface area is 179 Å². The van der Waals surface area contributed by atoms with Crippen LogP contribution in [0.2, 0.25) is 0 Å². The largest absolute Gasteiger partial charge is 0.454 e. The van der Waals surface area contributed by atoms with Gasteiger partial charge in [-0.1, -0.05) is 45.2 Å². The molecule has 3 heterocycles. The lowest BCUT2D eigenvalue weighted by Crippen LogP contribution is -2.29. The molecule has 158 valence electrons. The summed E-state index contributed by atoms with van der Waals surface area (Å²) in [6.07, 6.45) is 3.28. The van der Waals surface area contributed by atoms with Crippen molar-refractivity contribution in [3.63, 3.8) is 0 Å². The van der Waals surface area contributed by atoms with E-state index in [9.17, 15) is 0 Å². The predicted molar refractivity (Wildman–Crippen MR) is 119 cm³/mol. The minimum Gasteiger partial charge on any atom is -0.454 e. The van der Waals surface area contributed by atoms with Crippen LogP contribution in [0.1, 0.15) is 26.3 Å². The van der Waals surface area contributed by atoms with Crippen LogP contribution < -0.4 is 20.5 Å². The number of nitrogens with zero attached hydrogens (tertiary/aromatic N) is 4. The van der Waals surface area contributed by atoms with E-state index >= 15 is 0 Å². The van der Waals surface area contributed by atoms with Gasteiger partial charge in [0.25, 0.3) is 0 Å². The van der Waals surface area contributed by atoms with Gasteiger partial charge in [-0.05, 0) is 23.1 Å². The van der Waals surface area contributed by atoms with Crippen LogP contribution in [0.25, 0.3) is 17.2 Å². The van der Waals surface area contributed by atoms with E-state index in [1.807, 2.05) is 12.1 Å². The number of imidazole rings is 1. The zero-order valence-corrected chi connectivity index (χ0v) is 18.3. The number of rotatable bonds is 7. The smallest absolute Gasteiger partial charge is 0.231 e. The maximum Gasteiger partial charge on any atom is 0.231 e. The summed E-state index contributed by atoms with van der Waals surface area (Å²) in [5.41, 5.74) is 8.57. The Kier molecular flexibility index (Phi) is 5.57. The SMILES string of the molecule is C=Cc1cc2c(cc1Sc1nc3c(N)ncnc3n1CCNCC(C)(C)C)OCO2. The molecule has 0 spiro atoms. The van der Waals surface area contributed by atoms with E-state index in [4.69, 9.17) is 20.2 Å². The van der Waals surface area contributed by atoms with E-state index < -0.39 is 0 Å². The molecule has 0 unspecified atom stereocenters. The summed E-state index contributed by atoms with van der Waals surface area (Å²) in [7, 11) is 0. The second-order valence-electron chi connectivity index (χ2n) is 8.26. The summed E-state index contributed by atoms with van der Waals surface area (Å²) in [5, 5.41) is 4.29. The molecule has 0 fully saturated rings. The van der Waals surface area contributed by atoms with Crippen molar-refractivity contribution in [3.05, 3.63) is 30.6 Å². The molecule has 0 saturated heterocycles. The standard InChI is InChI=1S/C21H26N6O2S/c1-5-13-8-14-15(29-12-28-14)9-16(13)30-20-26-17-18(22)24-11-25-19(17)27(20)7-6-23-10-21(2,3)4/h5,8-9,11,23H,1,6-7,10,12H2,2-4H3,(H2,22,24,25). The molecule has 1 aromatic carbocycles. The Morgan fingerprint density at radius 3 is 2.77 bits per heavy atom. The van der Waals surface area contributed by atoms with Gasteiger partial charge in [-0.15, -0.1) is 0 Å². The van der Waals surface area contributed by atoms with Gasteiger partial charge in [-0.25, -0.2) is 15.0 Å². The van der Waals surface area contributed by atoms with Crippen molar-refractivity contribution in [3.8, 4) is 11.5 Å². The van der Waals surface area contributed by atoms with Crippen LogP contribution in [0, 0.1) is 5.41 Å². The maximum atomic E-state index is 6.07. The average molecular weight is 427 g/mol. The first-order chi connectivity index (χ1) is 14.4. The predicted octanol–water partition coefficient (Wildman–Crippen LogP) is 3.57. The van der Waals surface area contributed by atoms with Crippen LogP contribution in [0.15, 0.2) is 35.1 Å². The Morgan fingerprint density at radius 2 is 2.03 bits per heavy atom. The zero-order chi connectivity index (χ0) is 21.3. The van der Waals surface area contributed by atoms with Gasteiger partial charge in [-0.3, -0.25) is 0 Å². The second kappa shape index (κ2) is 8.16. The lowest BCUT2D eigenvalue weighted by atomic mass is 9.97. The fraction of sp³-hybridized carbons (Fsp3) is 0.381. The summed E-state index contributed by atoms with van der Waals surface area (Å²) < 4.78 is 13.1. The van der Waals surface area contributed by atoms with E-state index in [0.29, 0.717) is 17.9 Å². The van der Waals surface area contributed by atoms with E-state index in [-0.39, 0.29) is 12.2 Å². The van der Waals surface area contributed by atoms with Crippen molar-refractivity contribution in [2.24, 2.45) is 5.41 Å². The number of fused-ring (bicyclic) bond motifs is 2. The van der Waals surface area contributed by atoms with Crippen LogP contribution in [-0.4, -0.2) is 39.4 Å². The summed E-state index contributed by atoms with van der Waals surface area (Å²) in [4.78, 5) is 14.2. The first-order valence-corrected chi connectivity index (χ1v) is 10.6. The molecule has 9 heteroatoms. The highest BCUT2D eigenvalue weighted by Crippen LogP contribution is 2.41. The lowest BCUT2D eigenvalue weighted by molar-refractivity contribution is 0.174. The average Bonchev–Trinajstić information content (AvgIpc) is 3.29. The molecule has 1 aliphatic heterocycles. The summed E-state index contributed by atoms with van der Waals surface area (Å²) in [6, 6.07) is 3.89. The van der Waals surface area contributed by atoms with Crippen molar-refractivity contribution in [1.82, 2.24) is 24.8 Å². The molecule has 0 radical (unpaired) electrons. The third-order valence-electron chi connectivity index (χ3n) is 4.62. The quantitative estimate of drug-likeness (QED) is 0.553. The van der Waals surface area contributed by atoms with Gasteiger partial charge in [0.15, 0.2) is 33.6 Å². The molecule has 4 rings (SSSR count). The number of nitrogens with two attached hydrogens (primary N) is 1. The van der Waals surface area contributed by atoms with E-state index in [0.717, 1.165) is 45.9 Å². The van der Waals surface area contributed by atoms with Crippen molar-refractivity contribution in [1.29, 1.82) is 0 Å². The number of nitrogen functional groups attached to an aromatic ring is 1. The molecule has 30 heavy (non-hydrogen) atoms. The van der Waals surface area contributed by atoms with Gasteiger partial charge in [0.05, 0.1) is 0 Å². The van der Waals surface area contributed by atoms with Crippen LogP contribution >= 0.6 is 11.8 Å². The van der Waals surface area contributed by atoms with Gasteiger partial charge in [0.1, 0.15) is 6.33 Å². The van der Waals surface area contributed by atoms with Gasteiger partial charge in [0, 0.05) is 24.5 Å². The molecule has 0 atom stereocenters. The number of aromatic nitrogens is 4. The number of hydrogen-bond acceptors (Lipinski definition) is 8. The molecule has 1 aliphatic rings. The summed E-state index contributed by atoms with van der Waals surface area (Å²) in [5.74, 6) is 1.82. The minimum atomic E-state index is 0.215. The molecule has 8 nitrogen and oxygen atoms in total. The first kappa shape index (κ1) is 20.5. The second-order valence-corrected chi connectivity index (χ2v) is 9.27. The topological polar surface area (TPSA) is 100 Å². The highest BCUT2D eigenvalue weighted by Gasteiger charge is 2.20. The van der Waals surface area contributed by atoms with Crippen molar-refractivity contribution >= 4 is 34.8 Å². The van der Waals surface area contributed by atoms with Gasteiger partial charge in [-0.2, -0.15) is 0 Å². The molecule has 3 aromatic rings. The fourth-order valence-corrected chi connectivity index (χ4v) is 4.20. The third-order valence-corrected chi connectivity index (χ3v) is 5.69. The van der Waals surface area contributed by atoms with Crippen LogP contribution in [-0.2, 0) is 6.54 Å². The normalized spacial score (nSPS) is 13.2. The minimum absolute atomic E-state index is 0.215. The van der Waals surface area contributed by atoms with Crippen molar-refractivity contribution < 1.29 is 9.47 Å². The van der Waals surface area contributed by atoms with Gasteiger partial charge >= 0.3 is 0 Å². The van der Waals surface area contributed by atoms with E-state index in [1.165, 1.54) is 18.1 Å². The summed E-state index contributed by atoms with van der Waals surface area (Å²) >= 11 is 1.52. The monoisotopic (exact) mass is 426 g/mol. The summed E-state index contributed by atoms with van der Waals surface area (Å²) in [6.45, 7) is 13.2. The van der Waals surface area contributed by atoms with Crippen LogP contribution in [0.5, 0.6) is 11.5 Å². The first-order valence-electron chi connectivity index (χ1n) is 9.77. The molecule has 0 bridgehead atoms. The maximum absolute atomic E-state index is 6.07. The van der Waals surface area contributed by atoms with Gasteiger partial charge < -0.3 is 25.1 Å². The van der Waals surface area contributed by atoms with Crippen molar-refractivity contribution in [2.45, 2.75) is 37.4 Å². The van der Waals surface area contributed by atoms with E-state index in [1.54, 1.807) is 6.08 Å². The number of ether oxygens (including phenoxy) is 2. The Hall–Kier alpha value is -2.78. The lowest BCUT2D eigenvalue weighted by Gasteiger charge is -2.19. The molecule has 0 aliphatic carbocycles. The molecule has 3 N–H and O–H groups in total. The number of hydrogen-bond donors (Lipinski definition) is 2. The van der Waals surface area contributed by atoms with E-state index in [2.05, 4.69) is 47.2 Å². The molecule has 0 saturated carbocycles. The number of anilines is 1. The molecule has 2 aromatic heterocycles. The zero-order valence-electron chi connectivity index (χ0n) is 17.4. The van der Waals surface area contributed by atoms with Crippen molar-refractivity contribution in [2.75, 3.05) is 25.6 Å². The van der Waals surface area contributed by atoms with Crippen LogP contribution in [0.4, 0.5) is 5.82 Å². The number of benzene rings is 1. The Bertz CT molecular complexity index is 1090. The Balaban J connectivity index is 1.67. The third kappa shape index (κ3) is 4.22. The van der Waals surface area contributed by atoms with Crippen LogP contribution in [0.3, 0.4) is 0 Å². The highest BCUT2D eigenvalue weighted by atomic mass is 32.2. The molecular formula is C21H26N6O2S. The highest BCUT2D eigenvalue weighted by molar-refractivity contribution is 7.99. The number of nitrogens with one attached hydrogen (secondary N) is 1. The molecule has 0 amide bonds. The molecular weight excluding hydrogens is 400 g/mol.